The van der Waals surface area contributed by atoms with Gasteiger partial charge in [-0.1, -0.05) is 29.8 Å². The molecule has 6 heteroatoms. The lowest BCUT2D eigenvalue weighted by atomic mass is 10.1. The number of hydrogen-bond acceptors (Lipinski definition) is 3. The number of rotatable bonds is 3. The van der Waals surface area contributed by atoms with Gasteiger partial charge in [0.1, 0.15) is 5.75 Å². The van der Waals surface area contributed by atoms with Gasteiger partial charge in [-0.2, -0.15) is 5.10 Å². The Morgan fingerprint density at radius 1 is 1.19 bits per heavy atom. The van der Waals surface area contributed by atoms with E-state index in [1.807, 2.05) is 30.3 Å². The molecule has 0 spiro atoms. The van der Waals surface area contributed by atoms with Crippen molar-refractivity contribution >= 4 is 40.3 Å². The normalized spacial score (nSPS) is 11.0. The smallest absolute Gasteiger partial charge is 0.191 e. The van der Waals surface area contributed by atoms with E-state index < -0.39 is 0 Å². The Morgan fingerprint density at radius 2 is 1.90 bits per heavy atom. The quantitative estimate of drug-likeness (QED) is 0.458. The Kier molecular flexibility index (Phi) is 5.14. The first-order valence-corrected chi connectivity index (χ1v) is 7.00. The Labute approximate surface area is 133 Å². The van der Waals surface area contributed by atoms with Crippen LogP contribution in [0.15, 0.2) is 53.6 Å². The molecule has 0 aromatic heterocycles. The van der Waals surface area contributed by atoms with Gasteiger partial charge in [0.05, 0.1) is 5.71 Å². The van der Waals surface area contributed by atoms with Gasteiger partial charge in [0.25, 0.3) is 0 Å². The SMILES string of the molecule is C/C(=N\NC(=S)Nc1ccccc1)c1cc(Cl)ccc1O. The van der Waals surface area contributed by atoms with Gasteiger partial charge in [0.15, 0.2) is 5.11 Å². The summed E-state index contributed by atoms with van der Waals surface area (Å²) in [4.78, 5) is 0. The number of para-hydroxylation sites is 1. The van der Waals surface area contributed by atoms with Crippen LogP contribution in [0.25, 0.3) is 0 Å². The minimum absolute atomic E-state index is 0.115. The molecule has 21 heavy (non-hydrogen) atoms. The van der Waals surface area contributed by atoms with Crippen LogP contribution >= 0.6 is 23.8 Å². The van der Waals surface area contributed by atoms with Crippen molar-refractivity contribution in [3.05, 3.63) is 59.1 Å². The van der Waals surface area contributed by atoms with Crippen molar-refractivity contribution in [3.8, 4) is 5.75 Å². The molecule has 0 radical (unpaired) electrons. The van der Waals surface area contributed by atoms with E-state index in [2.05, 4.69) is 15.8 Å². The van der Waals surface area contributed by atoms with Crippen molar-refractivity contribution in [1.29, 1.82) is 0 Å². The fourth-order valence-electron chi connectivity index (χ4n) is 1.67. The van der Waals surface area contributed by atoms with Crippen LogP contribution in [0.2, 0.25) is 5.02 Å². The lowest BCUT2D eigenvalue weighted by Crippen LogP contribution is -2.24. The predicted molar refractivity (Wildman–Crippen MR) is 91.1 cm³/mol. The van der Waals surface area contributed by atoms with Gasteiger partial charge in [0.2, 0.25) is 0 Å². The fraction of sp³-hybridized carbons (Fsp3) is 0.0667. The lowest BCUT2D eigenvalue weighted by molar-refractivity contribution is 0.474. The maximum absolute atomic E-state index is 9.79. The second-order valence-corrected chi connectivity index (χ2v) is 5.14. The van der Waals surface area contributed by atoms with Gasteiger partial charge in [-0.25, -0.2) is 0 Å². The zero-order chi connectivity index (χ0) is 15.2. The largest absolute Gasteiger partial charge is 0.507 e. The molecule has 0 unspecified atom stereocenters. The number of halogens is 1. The van der Waals surface area contributed by atoms with E-state index in [0.29, 0.717) is 21.4 Å². The minimum Gasteiger partial charge on any atom is -0.507 e. The highest BCUT2D eigenvalue weighted by Crippen LogP contribution is 2.21. The molecule has 0 heterocycles. The van der Waals surface area contributed by atoms with Crippen molar-refractivity contribution in [1.82, 2.24) is 5.43 Å². The number of hydrogen-bond donors (Lipinski definition) is 3. The molecular formula is C15H14ClN3OS. The molecule has 2 rings (SSSR count). The van der Waals surface area contributed by atoms with Gasteiger partial charge in [-0.15, -0.1) is 0 Å². The summed E-state index contributed by atoms with van der Waals surface area (Å²) in [6.45, 7) is 1.75. The average molecular weight is 320 g/mol. The Balaban J connectivity index is 2.03. The third-order valence-electron chi connectivity index (χ3n) is 2.71. The minimum atomic E-state index is 0.115. The summed E-state index contributed by atoms with van der Waals surface area (Å²) >= 11 is 11.1. The van der Waals surface area contributed by atoms with Crippen LogP contribution in [0.3, 0.4) is 0 Å². The molecule has 0 aliphatic carbocycles. The second kappa shape index (κ2) is 7.06. The van der Waals surface area contributed by atoms with Crippen molar-refractivity contribution in [2.24, 2.45) is 5.10 Å². The number of phenols is 1. The lowest BCUT2D eigenvalue weighted by Gasteiger charge is -2.08. The van der Waals surface area contributed by atoms with Crippen LogP contribution < -0.4 is 10.7 Å². The maximum atomic E-state index is 9.79. The summed E-state index contributed by atoms with van der Waals surface area (Å²) in [5, 5.41) is 17.8. The average Bonchev–Trinajstić information content (AvgIpc) is 2.48. The van der Waals surface area contributed by atoms with Crippen molar-refractivity contribution in [3.63, 3.8) is 0 Å². The standard InChI is InChI=1S/C15H14ClN3OS/c1-10(13-9-11(16)7-8-14(13)20)18-19-15(21)17-12-5-3-2-4-6-12/h2-9,20H,1H3,(H2,17,19,21)/b18-10+. The summed E-state index contributed by atoms with van der Waals surface area (Å²) in [6, 6.07) is 14.3. The van der Waals surface area contributed by atoms with Crippen molar-refractivity contribution < 1.29 is 5.11 Å². The molecule has 0 aliphatic rings. The van der Waals surface area contributed by atoms with E-state index in [1.165, 1.54) is 6.07 Å². The van der Waals surface area contributed by atoms with E-state index in [-0.39, 0.29) is 5.75 Å². The van der Waals surface area contributed by atoms with Crippen molar-refractivity contribution in [2.45, 2.75) is 6.92 Å². The van der Waals surface area contributed by atoms with E-state index in [1.54, 1.807) is 19.1 Å². The van der Waals surface area contributed by atoms with Gasteiger partial charge in [-0.05, 0) is 49.5 Å². The van der Waals surface area contributed by atoms with Crippen LogP contribution in [0.5, 0.6) is 5.75 Å². The van der Waals surface area contributed by atoms with E-state index in [4.69, 9.17) is 23.8 Å². The number of nitrogens with zero attached hydrogens (tertiary/aromatic N) is 1. The first kappa shape index (κ1) is 15.3. The van der Waals surface area contributed by atoms with E-state index >= 15 is 0 Å². The molecular weight excluding hydrogens is 306 g/mol. The maximum Gasteiger partial charge on any atom is 0.191 e. The van der Waals surface area contributed by atoms with Crippen LogP contribution in [-0.2, 0) is 0 Å². The number of thiocarbonyl (C=S) groups is 1. The predicted octanol–water partition coefficient (Wildman–Crippen LogP) is 3.76. The number of nitrogens with one attached hydrogen (secondary N) is 2. The molecule has 0 saturated heterocycles. The van der Waals surface area contributed by atoms with E-state index in [0.717, 1.165) is 5.69 Å². The fourth-order valence-corrected chi connectivity index (χ4v) is 2.01. The molecule has 2 aromatic carbocycles. The third-order valence-corrected chi connectivity index (χ3v) is 3.13. The highest BCUT2D eigenvalue weighted by Gasteiger charge is 2.06. The molecule has 0 bridgehead atoms. The molecule has 3 N–H and O–H groups in total. The summed E-state index contributed by atoms with van der Waals surface area (Å²) in [5.41, 5.74) is 4.73. The molecule has 0 aliphatic heterocycles. The number of hydrazone groups is 1. The molecule has 0 amide bonds. The highest BCUT2D eigenvalue weighted by atomic mass is 35.5. The van der Waals surface area contributed by atoms with Crippen molar-refractivity contribution in [2.75, 3.05) is 5.32 Å². The second-order valence-electron chi connectivity index (χ2n) is 4.29. The molecule has 108 valence electrons. The zero-order valence-electron chi connectivity index (χ0n) is 11.3. The first-order chi connectivity index (χ1) is 10.1. The Hall–Kier alpha value is -2.11. The molecule has 4 nitrogen and oxygen atoms in total. The molecule has 2 aromatic rings. The highest BCUT2D eigenvalue weighted by molar-refractivity contribution is 7.80. The Morgan fingerprint density at radius 3 is 2.62 bits per heavy atom. The zero-order valence-corrected chi connectivity index (χ0v) is 12.9. The van der Waals surface area contributed by atoms with Gasteiger partial charge >= 0.3 is 0 Å². The van der Waals surface area contributed by atoms with Gasteiger partial charge in [0, 0.05) is 16.3 Å². The van der Waals surface area contributed by atoms with Crippen LogP contribution in [-0.4, -0.2) is 15.9 Å². The monoisotopic (exact) mass is 319 g/mol. The summed E-state index contributed by atoms with van der Waals surface area (Å²) in [5.74, 6) is 0.115. The summed E-state index contributed by atoms with van der Waals surface area (Å²) in [6.07, 6.45) is 0. The molecule has 0 atom stereocenters. The number of anilines is 1. The van der Waals surface area contributed by atoms with Gasteiger partial charge in [-0.3, -0.25) is 5.43 Å². The van der Waals surface area contributed by atoms with Gasteiger partial charge < -0.3 is 10.4 Å². The number of phenolic OH excluding ortho intramolecular Hbond substituents is 1. The van der Waals surface area contributed by atoms with Crippen LogP contribution in [0.1, 0.15) is 12.5 Å². The molecule has 0 saturated carbocycles. The van der Waals surface area contributed by atoms with E-state index in [9.17, 15) is 5.11 Å². The molecule has 0 fully saturated rings. The number of aromatic hydroxyl groups is 1. The summed E-state index contributed by atoms with van der Waals surface area (Å²) < 4.78 is 0. The third kappa shape index (κ3) is 4.44. The number of benzene rings is 2. The Bertz CT molecular complexity index is 674. The van der Waals surface area contributed by atoms with Crippen LogP contribution in [0, 0.1) is 0 Å². The topological polar surface area (TPSA) is 56.7 Å². The van der Waals surface area contributed by atoms with Crippen LogP contribution in [0.4, 0.5) is 5.69 Å². The summed E-state index contributed by atoms with van der Waals surface area (Å²) in [7, 11) is 0. The first-order valence-electron chi connectivity index (χ1n) is 6.21.